The minimum atomic E-state index is -0.782. The van der Waals surface area contributed by atoms with Gasteiger partial charge in [0.25, 0.3) is 5.91 Å². The molecular formula is C21H21ClN4O4. The summed E-state index contributed by atoms with van der Waals surface area (Å²) >= 11 is 5.79. The Labute approximate surface area is 178 Å². The van der Waals surface area contributed by atoms with Gasteiger partial charge in [0.05, 0.1) is 23.0 Å². The standard InChI is InChI=1S/C21H21ClN4O4/c1-21(10-16(21)19(28)25-17-7-2-13(22)11-23-17)20(29)24-14-3-5-15(6-4-14)26-8-9-30-12-18(26)27/h2-7,11,16H,8-10,12H2,1H3,(H,24,29)(H,23,25,28)/t16-,21?/m0/s1. The lowest BCUT2D eigenvalue weighted by molar-refractivity contribution is -0.125. The van der Waals surface area contributed by atoms with E-state index in [1.165, 1.54) is 6.20 Å². The zero-order valence-corrected chi connectivity index (χ0v) is 17.1. The van der Waals surface area contributed by atoms with Crippen LogP contribution in [0, 0.1) is 11.3 Å². The molecule has 4 rings (SSSR count). The summed E-state index contributed by atoms with van der Waals surface area (Å²) in [5, 5.41) is 6.06. The van der Waals surface area contributed by atoms with E-state index in [9.17, 15) is 14.4 Å². The minimum Gasteiger partial charge on any atom is -0.370 e. The van der Waals surface area contributed by atoms with E-state index in [4.69, 9.17) is 16.3 Å². The van der Waals surface area contributed by atoms with Crippen molar-refractivity contribution in [3.05, 3.63) is 47.6 Å². The third-order valence-corrected chi connectivity index (χ3v) is 5.70. The van der Waals surface area contributed by atoms with Gasteiger partial charge < -0.3 is 20.3 Å². The number of halogens is 1. The SMILES string of the molecule is CC1(C(=O)Nc2ccc(N3CCOCC3=O)cc2)C[C@H]1C(=O)Nc1ccc(Cl)cn1. The molecule has 0 bridgehead atoms. The third-order valence-electron chi connectivity index (χ3n) is 5.47. The number of ether oxygens (including phenoxy) is 1. The molecule has 0 spiro atoms. The number of hydrogen-bond acceptors (Lipinski definition) is 5. The minimum absolute atomic E-state index is 0.0752. The van der Waals surface area contributed by atoms with Crippen molar-refractivity contribution in [1.29, 1.82) is 0 Å². The van der Waals surface area contributed by atoms with E-state index in [0.717, 1.165) is 5.69 Å². The highest BCUT2D eigenvalue weighted by molar-refractivity contribution is 6.30. The van der Waals surface area contributed by atoms with Gasteiger partial charge in [0.2, 0.25) is 11.8 Å². The molecule has 0 radical (unpaired) electrons. The lowest BCUT2D eigenvalue weighted by Crippen LogP contribution is -2.41. The molecule has 3 amide bonds. The van der Waals surface area contributed by atoms with E-state index in [-0.39, 0.29) is 24.3 Å². The predicted octanol–water partition coefficient (Wildman–Crippen LogP) is 2.70. The number of carbonyl (C=O) groups excluding carboxylic acids is 3. The number of rotatable bonds is 5. The molecule has 2 N–H and O–H groups in total. The number of carbonyl (C=O) groups is 3. The molecule has 8 nitrogen and oxygen atoms in total. The molecule has 2 atom stereocenters. The number of nitrogens with zero attached hydrogens (tertiary/aromatic N) is 2. The Balaban J connectivity index is 1.35. The van der Waals surface area contributed by atoms with Gasteiger partial charge in [-0.25, -0.2) is 4.98 Å². The molecule has 1 saturated heterocycles. The number of pyridine rings is 1. The van der Waals surface area contributed by atoms with Gasteiger partial charge in [-0.15, -0.1) is 0 Å². The first-order valence-electron chi connectivity index (χ1n) is 9.59. The summed E-state index contributed by atoms with van der Waals surface area (Å²) < 4.78 is 5.14. The van der Waals surface area contributed by atoms with Crippen LogP contribution in [0.2, 0.25) is 5.02 Å². The van der Waals surface area contributed by atoms with Gasteiger partial charge in [-0.1, -0.05) is 11.6 Å². The van der Waals surface area contributed by atoms with Gasteiger partial charge in [-0.3, -0.25) is 14.4 Å². The normalized spacial score (nSPS) is 23.1. The molecule has 2 heterocycles. The maximum absolute atomic E-state index is 12.7. The van der Waals surface area contributed by atoms with Crippen LogP contribution in [0.4, 0.5) is 17.2 Å². The van der Waals surface area contributed by atoms with E-state index in [1.54, 1.807) is 48.2 Å². The van der Waals surface area contributed by atoms with Crippen LogP contribution in [0.25, 0.3) is 0 Å². The van der Waals surface area contributed by atoms with Crippen LogP contribution in [0.5, 0.6) is 0 Å². The second kappa shape index (κ2) is 8.04. The molecule has 1 saturated carbocycles. The van der Waals surface area contributed by atoms with Crippen molar-refractivity contribution in [3.8, 4) is 0 Å². The first kappa shape index (κ1) is 20.3. The van der Waals surface area contributed by atoms with Crippen LogP contribution in [0.15, 0.2) is 42.6 Å². The van der Waals surface area contributed by atoms with E-state index < -0.39 is 11.3 Å². The fourth-order valence-corrected chi connectivity index (χ4v) is 3.56. The number of anilines is 3. The molecule has 2 fully saturated rings. The van der Waals surface area contributed by atoms with E-state index in [2.05, 4.69) is 15.6 Å². The average molecular weight is 429 g/mol. The Morgan fingerprint density at radius 1 is 1.20 bits per heavy atom. The number of hydrogen-bond donors (Lipinski definition) is 2. The Kier molecular flexibility index (Phi) is 5.44. The zero-order chi connectivity index (χ0) is 21.3. The van der Waals surface area contributed by atoms with Crippen LogP contribution in [-0.2, 0) is 19.1 Å². The first-order valence-corrected chi connectivity index (χ1v) is 9.97. The fourth-order valence-electron chi connectivity index (χ4n) is 3.45. The third kappa shape index (κ3) is 4.15. The number of benzene rings is 1. The monoisotopic (exact) mass is 428 g/mol. The molecule has 1 aliphatic carbocycles. The molecule has 30 heavy (non-hydrogen) atoms. The lowest BCUT2D eigenvalue weighted by Gasteiger charge is -2.27. The van der Waals surface area contributed by atoms with Gasteiger partial charge in [0.15, 0.2) is 0 Å². The first-order chi connectivity index (χ1) is 14.4. The summed E-state index contributed by atoms with van der Waals surface area (Å²) in [5.41, 5.74) is 0.581. The summed E-state index contributed by atoms with van der Waals surface area (Å²) in [6, 6.07) is 10.3. The number of nitrogens with one attached hydrogen (secondary N) is 2. The van der Waals surface area contributed by atoms with Crippen molar-refractivity contribution in [3.63, 3.8) is 0 Å². The van der Waals surface area contributed by atoms with Crippen LogP contribution in [-0.4, -0.2) is 42.5 Å². The fraction of sp³-hybridized carbons (Fsp3) is 0.333. The van der Waals surface area contributed by atoms with Crippen molar-refractivity contribution in [1.82, 2.24) is 4.98 Å². The lowest BCUT2D eigenvalue weighted by atomic mass is 10.0. The smallest absolute Gasteiger partial charge is 0.253 e. The van der Waals surface area contributed by atoms with Crippen LogP contribution >= 0.6 is 11.6 Å². The molecular weight excluding hydrogens is 408 g/mol. The van der Waals surface area contributed by atoms with Gasteiger partial charge >= 0.3 is 0 Å². The van der Waals surface area contributed by atoms with Gasteiger partial charge in [-0.05, 0) is 49.7 Å². The van der Waals surface area contributed by atoms with Gasteiger partial charge in [0, 0.05) is 24.1 Å². The summed E-state index contributed by atoms with van der Waals surface area (Å²) in [7, 11) is 0. The van der Waals surface area contributed by atoms with Crippen molar-refractivity contribution in [2.75, 3.05) is 35.3 Å². The van der Waals surface area contributed by atoms with Crippen LogP contribution in [0.1, 0.15) is 13.3 Å². The molecule has 1 unspecified atom stereocenters. The van der Waals surface area contributed by atoms with E-state index in [1.807, 2.05) is 0 Å². The maximum Gasteiger partial charge on any atom is 0.253 e. The Morgan fingerprint density at radius 2 is 1.97 bits per heavy atom. The second-order valence-electron chi connectivity index (χ2n) is 7.62. The highest BCUT2D eigenvalue weighted by Crippen LogP contribution is 2.53. The molecule has 1 aromatic carbocycles. The molecule has 156 valence electrons. The van der Waals surface area contributed by atoms with E-state index >= 15 is 0 Å². The van der Waals surface area contributed by atoms with E-state index in [0.29, 0.717) is 36.1 Å². The predicted molar refractivity (Wildman–Crippen MR) is 112 cm³/mol. The van der Waals surface area contributed by atoms with Gasteiger partial charge in [-0.2, -0.15) is 0 Å². The number of aromatic nitrogens is 1. The quantitative estimate of drug-likeness (QED) is 0.762. The number of morpholine rings is 1. The molecule has 1 aliphatic heterocycles. The molecule has 2 aliphatic rings. The van der Waals surface area contributed by atoms with Gasteiger partial charge in [0.1, 0.15) is 12.4 Å². The van der Waals surface area contributed by atoms with Crippen molar-refractivity contribution < 1.29 is 19.1 Å². The topological polar surface area (TPSA) is 101 Å². The Hall–Kier alpha value is -2.97. The van der Waals surface area contributed by atoms with Crippen molar-refractivity contribution >= 4 is 46.5 Å². The van der Waals surface area contributed by atoms with Crippen molar-refractivity contribution in [2.24, 2.45) is 11.3 Å². The maximum atomic E-state index is 12.7. The zero-order valence-electron chi connectivity index (χ0n) is 16.4. The molecule has 1 aromatic heterocycles. The summed E-state index contributed by atoms with van der Waals surface area (Å²) in [4.78, 5) is 42.8. The van der Waals surface area contributed by atoms with Crippen LogP contribution in [0.3, 0.4) is 0 Å². The summed E-state index contributed by atoms with van der Waals surface area (Å²) in [6.45, 7) is 2.84. The summed E-state index contributed by atoms with van der Waals surface area (Å²) in [5.74, 6) is -0.592. The highest BCUT2D eigenvalue weighted by atomic mass is 35.5. The second-order valence-corrected chi connectivity index (χ2v) is 8.06. The molecule has 9 heteroatoms. The number of amides is 3. The molecule has 2 aromatic rings. The Bertz CT molecular complexity index is 980. The largest absolute Gasteiger partial charge is 0.370 e. The van der Waals surface area contributed by atoms with Crippen molar-refractivity contribution in [2.45, 2.75) is 13.3 Å². The average Bonchev–Trinajstić information content (AvgIpc) is 3.44. The van der Waals surface area contributed by atoms with Crippen LogP contribution < -0.4 is 15.5 Å². The Morgan fingerprint density at radius 3 is 2.63 bits per heavy atom. The highest BCUT2D eigenvalue weighted by Gasteiger charge is 2.60. The summed E-state index contributed by atoms with van der Waals surface area (Å²) in [6.07, 6.45) is 1.91.